The van der Waals surface area contributed by atoms with Crippen LogP contribution in [0.3, 0.4) is 0 Å². The van der Waals surface area contributed by atoms with Gasteiger partial charge in [-0.25, -0.2) is 18.0 Å². The van der Waals surface area contributed by atoms with Crippen molar-refractivity contribution in [2.45, 2.75) is 82.4 Å². The third-order valence-corrected chi connectivity index (χ3v) is 13.3. The van der Waals surface area contributed by atoms with Gasteiger partial charge in [-0.1, -0.05) is 6.07 Å². The Morgan fingerprint density at radius 3 is 2.54 bits per heavy atom. The van der Waals surface area contributed by atoms with E-state index < -0.39 is 63.9 Å². The van der Waals surface area contributed by atoms with Crippen LogP contribution in [0.4, 0.5) is 42.0 Å². The van der Waals surface area contributed by atoms with Gasteiger partial charge in [0, 0.05) is 87.8 Å². The minimum Gasteiger partial charge on any atom is -0.461 e. The predicted octanol–water partition coefficient (Wildman–Crippen LogP) is 7.27. The van der Waals surface area contributed by atoms with Crippen LogP contribution in [0.25, 0.3) is 32.1 Å². The Labute approximate surface area is 339 Å². The van der Waals surface area contributed by atoms with Crippen molar-refractivity contribution in [1.29, 1.82) is 5.26 Å². The number of likely N-dealkylation sites (tertiary alicyclic amines) is 2. The molecule has 4 aliphatic heterocycles. The van der Waals surface area contributed by atoms with Gasteiger partial charge in [-0.05, 0) is 50.4 Å². The van der Waals surface area contributed by atoms with Crippen molar-refractivity contribution in [2.75, 3.05) is 63.1 Å². The summed E-state index contributed by atoms with van der Waals surface area (Å²) in [6.07, 6.45) is -4.18. The molecule has 4 saturated heterocycles. The molecule has 19 heteroatoms. The van der Waals surface area contributed by atoms with Crippen molar-refractivity contribution in [3.63, 3.8) is 0 Å². The Balaban J connectivity index is 1.21. The zero-order valence-corrected chi connectivity index (χ0v) is 33.2. The number of hydrogen-bond acceptors (Lipinski definition) is 11. The molecule has 0 bridgehead atoms. The number of piperidine rings is 1. The average molecular weight is 845 g/mol. The SMILES string of the molecule is CCN(c1nc(OCC23CCCN2CC(F)C3)nc2c(F)c(-c3ccc(F)c4sc(N)c(C#N)c34)c(C(F)(F)F)cc12)C1CCN(C(=O)OC2CCN(C(C)=O)CC2)C1. The second kappa shape index (κ2) is 15.5. The number of nitrogens with zero attached hydrogens (tertiary/aromatic N) is 7. The summed E-state index contributed by atoms with van der Waals surface area (Å²) < 4.78 is 105. The lowest BCUT2D eigenvalue weighted by atomic mass is 9.92. The van der Waals surface area contributed by atoms with Gasteiger partial charge in [-0.2, -0.15) is 28.4 Å². The standard InChI is InChI=1S/C40H42F6N8O4S/c1-3-54(23-7-12-52(19-23)38(56)58-24-8-13-51(14-9-24)21(2)55)36-26-15-28(40(44,45)46)31(25-5-6-29(42)34-30(25)27(17-47)35(48)59-34)32(43)33(26)49-37(50-36)57-20-39-10-4-11-53(39)18-22(41)16-39/h5-6,15,22-24H,3-4,7-14,16,18-20,48H2,1-2H3. The number of carbonyl (C=O) groups is 2. The summed E-state index contributed by atoms with van der Waals surface area (Å²) in [5, 5.41) is 9.23. The maximum absolute atomic E-state index is 17.4. The second-order valence-electron chi connectivity index (χ2n) is 15.7. The number of nitrogen functional groups attached to an aromatic ring is 1. The number of aromatic nitrogens is 2. The van der Waals surface area contributed by atoms with Gasteiger partial charge in [0.2, 0.25) is 5.91 Å². The molecule has 8 rings (SSSR count). The summed E-state index contributed by atoms with van der Waals surface area (Å²) in [5.41, 5.74) is 1.77. The number of halogens is 6. The first kappa shape index (κ1) is 40.7. The van der Waals surface area contributed by atoms with E-state index in [0.29, 0.717) is 56.7 Å². The molecule has 3 atom stereocenters. The van der Waals surface area contributed by atoms with Gasteiger partial charge < -0.3 is 29.9 Å². The highest BCUT2D eigenvalue weighted by molar-refractivity contribution is 7.23. The van der Waals surface area contributed by atoms with Crippen LogP contribution >= 0.6 is 11.3 Å². The topological polar surface area (TPSA) is 141 Å². The van der Waals surface area contributed by atoms with Crippen LogP contribution in [0, 0.1) is 23.0 Å². The summed E-state index contributed by atoms with van der Waals surface area (Å²) in [7, 11) is 0. The molecule has 6 heterocycles. The molecule has 4 aromatic rings. The smallest absolute Gasteiger partial charge is 0.417 e. The van der Waals surface area contributed by atoms with E-state index in [2.05, 4.69) is 9.97 Å². The van der Waals surface area contributed by atoms with Crippen LogP contribution in [0.1, 0.15) is 63.5 Å². The van der Waals surface area contributed by atoms with Gasteiger partial charge in [0.25, 0.3) is 0 Å². The van der Waals surface area contributed by atoms with Crippen molar-refractivity contribution >= 4 is 55.1 Å². The normalized spacial score (nSPS) is 22.6. The molecular formula is C40H42F6N8O4S. The number of carbonyl (C=O) groups excluding carboxylic acids is 2. The van der Waals surface area contributed by atoms with E-state index in [9.17, 15) is 19.2 Å². The lowest BCUT2D eigenvalue weighted by Crippen LogP contribution is -2.44. The van der Waals surface area contributed by atoms with Crippen LogP contribution < -0.4 is 15.4 Å². The number of ether oxygens (including phenoxy) is 2. The Kier molecular flexibility index (Phi) is 10.7. The monoisotopic (exact) mass is 844 g/mol. The molecule has 3 unspecified atom stereocenters. The van der Waals surface area contributed by atoms with E-state index in [4.69, 9.17) is 15.2 Å². The van der Waals surface area contributed by atoms with Gasteiger partial charge in [0.15, 0.2) is 5.82 Å². The number of nitrogens with two attached hydrogens (primary N) is 1. The fourth-order valence-electron chi connectivity index (χ4n) is 9.37. The first-order chi connectivity index (χ1) is 28.1. The molecule has 59 heavy (non-hydrogen) atoms. The van der Waals surface area contributed by atoms with E-state index in [0.717, 1.165) is 24.6 Å². The van der Waals surface area contributed by atoms with Gasteiger partial charge >= 0.3 is 18.3 Å². The minimum atomic E-state index is -5.16. The lowest BCUT2D eigenvalue weighted by molar-refractivity contribution is -0.137. The van der Waals surface area contributed by atoms with Crippen molar-refractivity contribution < 1.29 is 45.4 Å². The summed E-state index contributed by atoms with van der Waals surface area (Å²) in [5.74, 6) is -2.37. The molecule has 0 aliphatic carbocycles. The van der Waals surface area contributed by atoms with Gasteiger partial charge in [-0.3, -0.25) is 9.69 Å². The van der Waals surface area contributed by atoms with Crippen molar-refractivity contribution in [2.24, 2.45) is 0 Å². The maximum Gasteiger partial charge on any atom is 0.417 e. The second-order valence-corrected chi connectivity index (χ2v) is 16.8. The number of rotatable bonds is 8. The van der Waals surface area contributed by atoms with Crippen molar-refractivity contribution in [3.8, 4) is 23.2 Å². The summed E-state index contributed by atoms with van der Waals surface area (Å²) in [6, 6.07) is 3.63. The number of likely N-dealkylation sites (N-methyl/N-ethyl adjacent to an activating group) is 1. The summed E-state index contributed by atoms with van der Waals surface area (Å²) >= 11 is 0.668. The Hall–Kier alpha value is -5.09. The average Bonchev–Trinajstić information content (AvgIpc) is 3.97. The molecule has 2 aromatic carbocycles. The number of fused-ring (bicyclic) bond motifs is 3. The van der Waals surface area contributed by atoms with Crippen LogP contribution in [0.15, 0.2) is 18.2 Å². The highest BCUT2D eigenvalue weighted by Gasteiger charge is 2.49. The molecule has 4 fully saturated rings. The van der Waals surface area contributed by atoms with Crippen LogP contribution in [0.2, 0.25) is 0 Å². The van der Waals surface area contributed by atoms with E-state index >= 15 is 22.0 Å². The fraction of sp³-hybridized carbons (Fsp3) is 0.525. The highest BCUT2D eigenvalue weighted by atomic mass is 32.1. The van der Waals surface area contributed by atoms with Crippen LogP contribution in [-0.4, -0.2) is 113 Å². The van der Waals surface area contributed by atoms with Crippen molar-refractivity contribution in [3.05, 3.63) is 41.0 Å². The third-order valence-electron chi connectivity index (χ3n) is 12.3. The number of thiophene rings is 1. The highest BCUT2D eigenvalue weighted by Crippen LogP contribution is 2.48. The molecule has 0 saturated carbocycles. The van der Waals surface area contributed by atoms with Crippen molar-refractivity contribution in [1.82, 2.24) is 24.7 Å². The molecule has 2 aromatic heterocycles. The number of anilines is 2. The number of hydrogen-bond donors (Lipinski definition) is 1. The molecular weight excluding hydrogens is 803 g/mol. The van der Waals surface area contributed by atoms with E-state index in [1.807, 2.05) is 11.0 Å². The van der Waals surface area contributed by atoms with Crippen LogP contribution in [-0.2, 0) is 15.7 Å². The largest absolute Gasteiger partial charge is 0.461 e. The molecule has 2 amide bonds. The minimum absolute atomic E-state index is 0.0493. The zero-order valence-electron chi connectivity index (χ0n) is 32.4. The quantitative estimate of drug-likeness (QED) is 0.180. The van der Waals surface area contributed by atoms with Gasteiger partial charge in [0.05, 0.1) is 21.4 Å². The number of benzene rings is 2. The molecule has 4 aliphatic rings. The number of alkyl halides is 4. The first-order valence-electron chi connectivity index (χ1n) is 19.6. The number of nitriles is 1. The van der Waals surface area contributed by atoms with E-state index in [-0.39, 0.29) is 89.1 Å². The van der Waals surface area contributed by atoms with Crippen LogP contribution in [0.5, 0.6) is 6.01 Å². The Morgan fingerprint density at radius 2 is 1.85 bits per heavy atom. The Bertz CT molecular complexity index is 2370. The maximum atomic E-state index is 17.4. The molecule has 2 N–H and O–H groups in total. The Morgan fingerprint density at radius 1 is 1.10 bits per heavy atom. The fourth-order valence-corrected chi connectivity index (χ4v) is 10.3. The molecule has 0 radical (unpaired) electrons. The van der Waals surface area contributed by atoms with E-state index in [1.165, 1.54) is 11.8 Å². The summed E-state index contributed by atoms with van der Waals surface area (Å²) in [4.78, 5) is 41.0. The molecule has 314 valence electrons. The van der Waals surface area contributed by atoms with Gasteiger partial charge in [-0.15, -0.1) is 11.3 Å². The molecule has 12 nitrogen and oxygen atoms in total. The van der Waals surface area contributed by atoms with E-state index in [1.54, 1.807) is 16.7 Å². The molecule has 0 spiro atoms. The zero-order chi connectivity index (χ0) is 42.0. The number of amides is 2. The lowest BCUT2D eigenvalue weighted by Gasteiger charge is -2.33. The third kappa shape index (κ3) is 7.32. The predicted molar refractivity (Wildman–Crippen MR) is 208 cm³/mol. The first-order valence-corrected chi connectivity index (χ1v) is 20.5. The van der Waals surface area contributed by atoms with Gasteiger partial charge in [0.1, 0.15) is 47.1 Å². The summed E-state index contributed by atoms with van der Waals surface area (Å²) in [6.45, 7) is 5.56.